The van der Waals surface area contributed by atoms with Crippen molar-refractivity contribution in [1.82, 2.24) is 9.80 Å². The van der Waals surface area contributed by atoms with E-state index in [4.69, 9.17) is 16.3 Å². The van der Waals surface area contributed by atoms with Gasteiger partial charge in [-0.3, -0.25) is 4.79 Å². The van der Waals surface area contributed by atoms with E-state index in [1.165, 1.54) is 0 Å². The molecular weight excluding hydrogens is 352 g/mol. The third-order valence-corrected chi connectivity index (χ3v) is 5.39. The first-order chi connectivity index (χ1) is 12.1. The number of likely N-dealkylation sites (N-methyl/N-ethyl adjacent to an activating group) is 1. The minimum atomic E-state index is -0.540. The predicted molar refractivity (Wildman–Crippen MR) is 102 cm³/mol. The number of nitrogens with zero attached hydrogens (tertiary/aromatic N) is 2. The molecule has 1 saturated heterocycles. The molecule has 0 saturated carbocycles. The molecule has 0 unspecified atom stereocenters. The molecule has 2 heterocycles. The van der Waals surface area contributed by atoms with Gasteiger partial charge in [0.15, 0.2) is 0 Å². The highest BCUT2D eigenvalue weighted by atomic mass is 35.5. The van der Waals surface area contributed by atoms with Gasteiger partial charge in [-0.25, -0.2) is 4.79 Å². The van der Waals surface area contributed by atoms with Crippen molar-refractivity contribution in [1.29, 1.82) is 0 Å². The van der Waals surface area contributed by atoms with Crippen molar-refractivity contribution in [3.8, 4) is 0 Å². The Morgan fingerprint density at radius 3 is 2.62 bits per heavy atom. The zero-order valence-electron chi connectivity index (χ0n) is 16.1. The summed E-state index contributed by atoms with van der Waals surface area (Å²) in [5.74, 6) is -0.00476. The van der Waals surface area contributed by atoms with E-state index >= 15 is 0 Å². The molecule has 1 fully saturated rings. The summed E-state index contributed by atoms with van der Waals surface area (Å²) in [5, 5.41) is 0.511. The van der Waals surface area contributed by atoms with Gasteiger partial charge >= 0.3 is 6.09 Å². The number of benzene rings is 1. The molecule has 1 aromatic rings. The third kappa shape index (κ3) is 3.41. The summed E-state index contributed by atoms with van der Waals surface area (Å²) in [6.45, 7) is 8.71. The van der Waals surface area contributed by atoms with Crippen molar-refractivity contribution in [2.24, 2.45) is 0 Å². The van der Waals surface area contributed by atoms with Crippen molar-refractivity contribution in [2.45, 2.75) is 58.1 Å². The molecule has 0 aromatic heterocycles. The Labute approximate surface area is 160 Å². The van der Waals surface area contributed by atoms with E-state index in [0.717, 1.165) is 24.0 Å². The van der Waals surface area contributed by atoms with Gasteiger partial charge in [0.1, 0.15) is 5.60 Å². The van der Waals surface area contributed by atoms with Gasteiger partial charge in [-0.15, -0.1) is 0 Å². The van der Waals surface area contributed by atoms with E-state index in [1.54, 1.807) is 16.8 Å². The molecule has 0 spiro atoms. The van der Waals surface area contributed by atoms with Gasteiger partial charge < -0.3 is 14.5 Å². The second-order valence-electron chi connectivity index (χ2n) is 8.27. The number of rotatable bonds is 2. The van der Waals surface area contributed by atoms with Crippen LogP contribution in [-0.2, 0) is 11.2 Å². The van der Waals surface area contributed by atoms with Crippen molar-refractivity contribution in [3.63, 3.8) is 0 Å². The highest BCUT2D eigenvalue weighted by Crippen LogP contribution is 2.41. The van der Waals surface area contributed by atoms with Crippen LogP contribution < -0.4 is 0 Å². The number of hydrogen-bond acceptors (Lipinski definition) is 3. The molecule has 2 aliphatic rings. The van der Waals surface area contributed by atoms with Gasteiger partial charge in [0.05, 0.1) is 16.6 Å². The Hall–Kier alpha value is -1.75. The fraction of sp³-hybridized carbons (Fsp3) is 0.600. The molecule has 2 atom stereocenters. The predicted octanol–water partition coefficient (Wildman–Crippen LogP) is 4.08. The standard InChI is InChI=1S/C20H27ClN2O3/c1-6-7-12-8-13-14-10-23(19(25)26-20(2,3)4)11-16(14)22(5)18(24)17(13)15(21)9-12/h8-9,14,16H,6-7,10-11H2,1-5H3/t14-,16+/m1/s1. The lowest BCUT2D eigenvalue weighted by Crippen LogP contribution is -2.46. The molecule has 0 bridgehead atoms. The van der Waals surface area contributed by atoms with Gasteiger partial charge in [0.2, 0.25) is 0 Å². The number of carbonyl (C=O) groups is 2. The van der Waals surface area contributed by atoms with E-state index in [2.05, 4.69) is 13.0 Å². The van der Waals surface area contributed by atoms with Crippen molar-refractivity contribution < 1.29 is 14.3 Å². The minimum absolute atomic E-state index is 0.0459. The summed E-state index contributed by atoms with van der Waals surface area (Å²) in [5.41, 5.74) is 2.16. The molecule has 2 aliphatic heterocycles. The third-order valence-electron chi connectivity index (χ3n) is 5.09. The maximum absolute atomic E-state index is 12.9. The lowest BCUT2D eigenvalue weighted by atomic mass is 9.84. The summed E-state index contributed by atoms with van der Waals surface area (Å²) in [4.78, 5) is 28.8. The normalized spacial score (nSPS) is 22.3. The smallest absolute Gasteiger partial charge is 0.410 e. The molecule has 2 amide bonds. The van der Waals surface area contributed by atoms with Gasteiger partial charge in [-0.1, -0.05) is 31.0 Å². The SMILES string of the molecule is CCCc1cc(Cl)c2c(c1)[C@H]1CN(C(=O)OC(C)(C)C)C[C@@H]1N(C)C2=O. The van der Waals surface area contributed by atoms with Crippen LogP contribution in [0.3, 0.4) is 0 Å². The molecule has 0 N–H and O–H groups in total. The second kappa shape index (κ2) is 6.76. The summed E-state index contributed by atoms with van der Waals surface area (Å²) < 4.78 is 5.52. The Kier molecular flexibility index (Phi) is 4.95. The topological polar surface area (TPSA) is 49.9 Å². The highest BCUT2D eigenvalue weighted by Gasteiger charge is 2.46. The summed E-state index contributed by atoms with van der Waals surface area (Å²) in [7, 11) is 1.79. The molecule has 0 aliphatic carbocycles. The maximum Gasteiger partial charge on any atom is 0.410 e. The average Bonchev–Trinajstić information content (AvgIpc) is 2.96. The minimum Gasteiger partial charge on any atom is -0.444 e. The summed E-state index contributed by atoms with van der Waals surface area (Å²) >= 11 is 6.47. The van der Waals surface area contributed by atoms with Crippen LogP contribution in [0, 0.1) is 0 Å². The zero-order valence-corrected chi connectivity index (χ0v) is 16.9. The first kappa shape index (κ1) is 19.0. The van der Waals surface area contributed by atoms with Crippen LogP contribution in [0.25, 0.3) is 0 Å². The first-order valence-corrected chi connectivity index (χ1v) is 9.57. The number of ether oxygens (including phenoxy) is 1. The molecule has 6 heteroatoms. The van der Waals surface area contributed by atoms with Gasteiger partial charge in [0, 0.05) is 26.1 Å². The van der Waals surface area contributed by atoms with E-state index in [9.17, 15) is 9.59 Å². The van der Waals surface area contributed by atoms with Crippen LogP contribution in [-0.4, -0.2) is 53.6 Å². The van der Waals surface area contributed by atoms with Crippen LogP contribution in [0.2, 0.25) is 5.02 Å². The number of halogens is 1. The fourth-order valence-electron chi connectivity index (χ4n) is 3.92. The molecule has 142 valence electrons. The lowest BCUT2D eigenvalue weighted by Gasteiger charge is -2.36. The van der Waals surface area contributed by atoms with E-state index < -0.39 is 5.60 Å². The van der Waals surface area contributed by atoms with E-state index in [-0.39, 0.29) is 24.0 Å². The maximum atomic E-state index is 12.9. The summed E-state index contributed by atoms with van der Waals surface area (Å²) in [6, 6.07) is 3.96. The Morgan fingerprint density at radius 1 is 1.31 bits per heavy atom. The number of carbonyl (C=O) groups excluding carboxylic acids is 2. The Morgan fingerprint density at radius 2 is 2.00 bits per heavy atom. The molecule has 0 radical (unpaired) electrons. The van der Waals surface area contributed by atoms with Gasteiger partial charge in [0.25, 0.3) is 5.91 Å². The van der Waals surface area contributed by atoms with Crippen molar-refractivity contribution in [2.75, 3.05) is 20.1 Å². The molecular formula is C20H27ClN2O3. The molecule has 5 nitrogen and oxygen atoms in total. The Balaban J connectivity index is 1.95. The largest absolute Gasteiger partial charge is 0.444 e. The van der Waals surface area contributed by atoms with Crippen LogP contribution in [0.1, 0.15) is 61.5 Å². The second-order valence-corrected chi connectivity index (χ2v) is 8.67. The molecule has 26 heavy (non-hydrogen) atoms. The van der Waals surface area contributed by atoms with E-state index in [1.807, 2.05) is 26.8 Å². The van der Waals surface area contributed by atoms with E-state index in [0.29, 0.717) is 23.7 Å². The Bertz CT molecular complexity index is 741. The number of hydrogen-bond donors (Lipinski definition) is 0. The first-order valence-electron chi connectivity index (χ1n) is 9.19. The zero-order chi connectivity index (χ0) is 19.2. The van der Waals surface area contributed by atoms with Gasteiger partial charge in [-0.2, -0.15) is 0 Å². The van der Waals surface area contributed by atoms with Crippen molar-refractivity contribution >= 4 is 23.6 Å². The number of likely N-dealkylation sites (tertiary alicyclic amines) is 1. The fourth-order valence-corrected chi connectivity index (χ4v) is 4.25. The quantitative estimate of drug-likeness (QED) is 0.779. The van der Waals surface area contributed by atoms with Crippen LogP contribution in [0.5, 0.6) is 0 Å². The number of fused-ring (bicyclic) bond motifs is 3. The monoisotopic (exact) mass is 378 g/mol. The van der Waals surface area contributed by atoms with Crippen LogP contribution in [0.15, 0.2) is 12.1 Å². The van der Waals surface area contributed by atoms with Crippen LogP contribution in [0.4, 0.5) is 4.79 Å². The van der Waals surface area contributed by atoms with Crippen LogP contribution >= 0.6 is 11.6 Å². The molecule has 1 aromatic carbocycles. The van der Waals surface area contributed by atoms with Crippen molar-refractivity contribution in [3.05, 3.63) is 33.8 Å². The summed E-state index contributed by atoms with van der Waals surface area (Å²) in [6.07, 6.45) is 1.61. The lowest BCUT2D eigenvalue weighted by molar-refractivity contribution is 0.0279. The molecule has 3 rings (SSSR count). The number of amides is 2. The number of aryl methyl sites for hydroxylation is 1. The van der Waals surface area contributed by atoms with Gasteiger partial charge in [-0.05, 0) is 44.4 Å². The average molecular weight is 379 g/mol. The highest BCUT2D eigenvalue weighted by molar-refractivity contribution is 6.34.